The van der Waals surface area contributed by atoms with Gasteiger partial charge in [-0.3, -0.25) is 4.98 Å². The van der Waals surface area contributed by atoms with Gasteiger partial charge in [0.15, 0.2) is 0 Å². The molecule has 0 bridgehead atoms. The van der Waals surface area contributed by atoms with Crippen LogP contribution in [-0.4, -0.2) is 51.1 Å². The van der Waals surface area contributed by atoms with Crippen molar-refractivity contribution in [2.24, 2.45) is 0 Å². The van der Waals surface area contributed by atoms with Crippen molar-refractivity contribution in [2.45, 2.75) is 18.6 Å². The zero-order chi connectivity index (χ0) is 14.5. The highest BCUT2D eigenvalue weighted by Crippen LogP contribution is 2.21. The molecular weight excluding hydrogens is 278 g/mol. The van der Waals surface area contributed by atoms with Gasteiger partial charge in [-0.25, -0.2) is 9.59 Å². The molecule has 0 spiro atoms. The molecule has 0 aromatic carbocycles. The maximum absolute atomic E-state index is 12.1. The number of anilines is 1. The number of carbonyl (C=O) groups excluding carboxylic acids is 1. The van der Waals surface area contributed by atoms with Gasteiger partial charge in [0.05, 0.1) is 17.4 Å². The van der Waals surface area contributed by atoms with E-state index in [0.29, 0.717) is 17.5 Å². The number of hydrogen-bond acceptors (Lipinski definition) is 4. The van der Waals surface area contributed by atoms with Crippen molar-refractivity contribution in [1.29, 1.82) is 0 Å². The van der Waals surface area contributed by atoms with Crippen molar-refractivity contribution >= 4 is 29.4 Å². The Bertz CT molecular complexity index is 509. The number of pyridine rings is 1. The summed E-state index contributed by atoms with van der Waals surface area (Å²) in [6.45, 7) is 3.54. The monoisotopic (exact) mass is 295 g/mol. The average Bonchev–Trinajstić information content (AvgIpc) is 2.47. The number of aromatic carboxylic acids is 1. The molecule has 1 saturated heterocycles. The van der Waals surface area contributed by atoms with E-state index in [-0.39, 0.29) is 11.6 Å². The van der Waals surface area contributed by atoms with Crippen LogP contribution < -0.4 is 5.32 Å². The molecule has 1 aromatic heterocycles. The van der Waals surface area contributed by atoms with Gasteiger partial charge in [-0.15, -0.1) is 0 Å². The normalized spacial score (nSPS) is 18.6. The molecule has 6 nitrogen and oxygen atoms in total. The third-order valence-electron chi connectivity index (χ3n) is 3.12. The largest absolute Gasteiger partial charge is 0.478 e. The van der Waals surface area contributed by atoms with Gasteiger partial charge in [0.2, 0.25) is 0 Å². The highest BCUT2D eigenvalue weighted by Gasteiger charge is 2.23. The van der Waals surface area contributed by atoms with Gasteiger partial charge in [0.25, 0.3) is 0 Å². The fourth-order valence-electron chi connectivity index (χ4n) is 1.98. The lowest BCUT2D eigenvalue weighted by Crippen LogP contribution is -2.44. The number of hydrogen-bond donors (Lipinski definition) is 2. The van der Waals surface area contributed by atoms with E-state index in [4.69, 9.17) is 5.11 Å². The van der Waals surface area contributed by atoms with Gasteiger partial charge in [0, 0.05) is 30.3 Å². The second-order valence-corrected chi connectivity index (χ2v) is 5.95. The number of carboxylic acids is 1. The molecule has 7 heteroatoms. The van der Waals surface area contributed by atoms with Crippen LogP contribution in [0.3, 0.4) is 0 Å². The van der Waals surface area contributed by atoms with Crippen molar-refractivity contribution in [1.82, 2.24) is 9.88 Å². The Morgan fingerprint density at radius 2 is 2.35 bits per heavy atom. The fraction of sp³-hybridized carbons (Fsp3) is 0.462. The number of carboxylic acid groups (broad SMARTS) is 1. The molecule has 20 heavy (non-hydrogen) atoms. The average molecular weight is 295 g/mol. The zero-order valence-corrected chi connectivity index (χ0v) is 12.0. The summed E-state index contributed by atoms with van der Waals surface area (Å²) in [5, 5.41) is 12.1. The summed E-state index contributed by atoms with van der Waals surface area (Å²) < 4.78 is 0. The van der Waals surface area contributed by atoms with Crippen LogP contribution in [0, 0.1) is 0 Å². The number of rotatable bonds is 3. The molecule has 2 heterocycles. The highest BCUT2D eigenvalue weighted by atomic mass is 32.2. The van der Waals surface area contributed by atoms with Crippen molar-refractivity contribution < 1.29 is 14.7 Å². The second kappa shape index (κ2) is 6.60. The highest BCUT2D eigenvalue weighted by molar-refractivity contribution is 8.00. The van der Waals surface area contributed by atoms with Crippen LogP contribution in [0.5, 0.6) is 0 Å². The topological polar surface area (TPSA) is 82.5 Å². The Hall–Kier alpha value is -1.76. The van der Waals surface area contributed by atoms with E-state index in [9.17, 15) is 9.59 Å². The smallest absolute Gasteiger partial charge is 0.337 e. The van der Waals surface area contributed by atoms with Crippen LogP contribution in [-0.2, 0) is 0 Å². The summed E-state index contributed by atoms with van der Waals surface area (Å²) >= 11 is 1.89. The number of carbonyl (C=O) groups is 2. The minimum Gasteiger partial charge on any atom is -0.478 e. The quantitative estimate of drug-likeness (QED) is 0.892. The van der Waals surface area contributed by atoms with E-state index in [1.165, 1.54) is 18.5 Å². The molecule has 2 rings (SSSR count). The Balaban J connectivity index is 2.00. The first-order valence-electron chi connectivity index (χ1n) is 6.46. The lowest BCUT2D eigenvalue weighted by Gasteiger charge is -2.31. The van der Waals surface area contributed by atoms with Crippen molar-refractivity contribution in [3.05, 3.63) is 24.0 Å². The number of thioether (sulfide) groups is 1. The van der Waals surface area contributed by atoms with Crippen LogP contribution in [0.2, 0.25) is 0 Å². The number of nitrogens with zero attached hydrogens (tertiary/aromatic N) is 2. The van der Waals surface area contributed by atoms with Crippen molar-refractivity contribution in [3.63, 3.8) is 0 Å². The van der Waals surface area contributed by atoms with Gasteiger partial charge >= 0.3 is 12.0 Å². The Labute approximate surface area is 121 Å². The molecule has 1 atom stereocenters. The predicted octanol–water partition coefficient (Wildman–Crippen LogP) is 2.14. The number of nitrogens with one attached hydrogen (secondary N) is 1. The van der Waals surface area contributed by atoms with E-state index in [1.54, 1.807) is 4.90 Å². The molecule has 2 N–H and O–H groups in total. The van der Waals surface area contributed by atoms with E-state index in [2.05, 4.69) is 17.2 Å². The molecule has 1 aromatic rings. The number of urea groups is 1. The van der Waals surface area contributed by atoms with Gasteiger partial charge < -0.3 is 15.3 Å². The van der Waals surface area contributed by atoms with Crippen LogP contribution in [0.4, 0.5) is 10.5 Å². The SMILES string of the molecule is CCC1CN(C(=O)Nc2cncc(C(=O)O)c2)CCS1. The third kappa shape index (κ3) is 3.63. The molecule has 1 aliphatic rings. The van der Waals surface area contributed by atoms with Crippen LogP contribution >= 0.6 is 11.8 Å². The Morgan fingerprint density at radius 1 is 1.55 bits per heavy atom. The molecule has 1 fully saturated rings. The Morgan fingerprint density at radius 3 is 3.05 bits per heavy atom. The predicted molar refractivity (Wildman–Crippen MR) is 78.3 cm³/mol. The number of aromatic nitrogens is 1. The van der Waals surface area contributed by atoms with E-state index in [0.717, 1.165) is 18.7 Å². The first kappa shape index (κ1) is 14.6. The van der Waals surface area contributed by atoms with Crippen LogP contribution in [0.15, 0.2) is 18.5 Å². The lowest BCUT2D eigenvalue weighted by molar-refractivity contribution is 0.0696. The molecule has 0 saturated carbocycles. The standard InChI is InChI=1S/C13H17N3O3S/c1-2-11-8-16(3-4-20-11)13(19)15-10-5-9(12(17)18)6-14-7-10/h5-7,11H,2-4,8H2,1H3,(H,15,19)(H,17,18). The summed E-state index contributed by atoms with van der Waals surface area (Å²) in [4.78, 5) is 28.6. The molecule has 0 aliphatic carbocycles. The molecular formula is C13H17N3O3S. The van der Waals surface area contributed by atoms with Crippen molar-refractivity contribution in [2.75, 3.05) is 24.2 Å². The van der Waals surface area contributed by atoms with Gasteiger partial charge in [0.1, 0.15) is 0 Å². The van der Waals surface area contributed by atoms with E-state index < -0.39 is 5.97 Å². The summed E-state index contributed by atoms with van der Waals surface area (Å²) in [6.07, 6.45) is 3.73. The van der Waals surface area contributed by atoms with E-state index in [1.807, 2.05) is 11.8 Å². The molecule has 1 unspecified atom stereocenters. The third-order valence-corrected chi connectivity index (χ3v) is 4.49. The minimum atomic E-state index is -1.06. The first-order valence-corrected chi connectivity index (χ1v) is 7.51. The van der Waals surface area contributed by atoms with Gasteiger partial charge in [-0.1, -0.05) is 6.92 Å². The summed E-state index contributed by atoms with van der Waals surface area (Å²) in [5.74, 6) is -0.131. The Kier molecular flexibility index (Phi) is 4.84. The molecule has 108 valence electrons. The lowest BCUT2D eigenvalue weighted by atomic mass is 10.2. The molecule has 0 radical (unpaired) electrons. The van der Waals surface area contributed by atoms with Crippen LogP contribution in [0.1, 0.15) is 23.7 Å². The summed E-state index contributed by atoms with van der Waals surface area (Å²) in [5.41, 5.74) is 0.463. The second-order valence-electron chi connectivity index (χ2n) is 4.54. The van der Waals surface area contributed by atoms with Gasteiger partial charge in [-0.05, 0) is 12.5 Å². The maximum Gasteiger partial charge on any atom is 0.337 e. The number of amides is 2. The maximum atomic E-state index is 12.1. The molecule has 1 aliphatic heterocycles. The van der Waals surface area contributed by atoms with E-state index >= 15 is 0 Å². The first-order chi connectivity index (χ1) is 9.60. The zero-order valence-electron chi connectivity index (χ0n) is 11.2. The van der Waals surface area contributed by atoms with Crippen molar-refractivity contribution in [3.8, 4) is 0 Å². The summed E-state index contributed by atoms with van der Waals surface area (Å²) in [6, 6.07) is 1.21. The van der Waals surface area contributed by atoms with Gasteiger partial charge in [-0.2, -0.15) is 11.8 Å². The summed E-state index contributed by atoms with van der Waals surface area (Å²) in [7, 11) is 0. The molecule has 2 amide bonds. The fourth-order valence-corrected chi connectivity index (χ4v) is 3.16. The van der Waals surface area contributed by atoms with Crippen LogP contribution in [0.25, 0.3) is 0 Å². The minimum absolute atomic E-state index is 0.0587.